The van der Waals surface area contributed by atoms with E-state index in [1.807, 2.05) is 6.07 Å². The van der Waals surface area contributed by atoms with Crippen molar-refractivity contribution in [1.29, 1.82) is 0 Å². The second kappa shape index (κ2) is 3.67. The third kappa shape index (κ3) is 1.53. The zero-order valence-corrected chi connectivity index (χ0v) is 7.91. The van der Waals surface area contributed by atoms with Gasteiger partial charge >= 0.3 is 0 Å². The zero-order valence-electron chi connectivity index (χ0n) is 7.91. The molecule has 0 saturated heterocycles. The van der Waals surface area contributed by atoms with Crippen molar-refractivity contribution < 1.29 is 9.50 Å². The lowest BCUT2D eigenvalue weighted by Gasteiger charge is -2.17. The molecule has 0 unspecified atom stereocenters. The molecule has 2 rings (SSSR count). The van der Waals surface area contributed by atoms with Crippen LogP contribution < -0.4 is 5.73 Å². The van der Waals surface area contributed by atoms with Gasteiger partial charge in [-0.25, -0.2) is 4.39 Å². The minimum atomic E-state index is -0.853. The van der Waals surface area contributed by atoms with Gasteiger partial charge in [0.1, 0.15) is 5.82 Å². The van der Waals surface area contributed by atoms with Gasteiger partial charge in [0.2, 0.25) is 0 Å². The molecule has 3 heteroatoms. The molecule has 1 aromatic rings. The molecule has 1 aromatic carbocycles. The first-order valence-electron chi connectivity index (χ1n) is 4.91. The Morgan fingerprint density at radius 2 is 2.21 bits per heavy atom. The predicted molar refractivity (Wildman–Crippen MR) is 52.3 cm³/mol. The molecule has 0 aliphatic heterocycles. The van der Waals surface area contributed by atoms with Crippen molar-refractivity contribution in [2.45, 2.75) is 31.4 Å². The first kappa shape index (κ1) is 9.62. The van der Waals surface area contributed by atoms with Gasteiger partial charge in [-0.15, -0.1) is 0 Å². The summed E-state index contributed by atoms with van der Waals surface area (Å²) in [6.07, 6.45) is 1.61. The summed E-state index contributed by atoms with van der Waals surface area (Å²) < 4.78 is 13.5. The Morgan fingerprint density at radius 3 is 3.00 bits per heavy atom. The van der Waals surface area contributed by atoms with Crippen LogP contribution in [-0.2, 0) is 6.42 Å². The van der Waals surface area contributed by atoms with E-state index >= 15 is 0 Å². The first-order valence-corrected chi connectivity index (χ1v) is 4.91. The monoisotopic (exact) mass is 195 g/mol. The van der Waals surface area contributed by atoms with Crippen LogP contribution >= 0.6 is 0 Å². The minimum absolute atomic E-state index is 0.340. The van der Waals surface area contributed by atoms with E-state index in [0.717, 1.165) is 24.8 Å². The lowest BCUT2D eigenvalue weighted by molar-refractivity contribution is 0.140. The summed E-state index contributed by atoms with van der Waals surface area (Å²) in [5, 5.41) is 9.83. The Bertz CT molecular complexity index is 340. The molecule has 0 bridgehead atoms. The molecule has 1 aliphatic rings. The van der Waals surface area contributed by atoms with E-state index in [4.69, 9.17) is 5.73 Å². The second-order valence-electron chi connectivity index (χ2n) is 3.81. The van der Waals surface area contributed by atoms with Crippen molar-refractivity contribution in [3.05, 3.63) is 35.1 Å². The summed E-state index contributed by atoms with van der Waals surface area (Å²) in [5.74, 6) is -0.340. The Morgan fingerprint density at radius 1 is 1.43 bits per heavy atom. The number of halogens is 1. The fraction of sp³-hybridized carbons (Fsp3) is 0.455. The van der Waals surface area contributed by atoms with Gasteiger partial charge in [0.25, 0.3) is 0 Å². The number of aliphatic hydroxyl groups is 1. The van der Waals surface area contributed by atoms with Gasteiger partial charge in [0.05, 0.1) is 6.10 Å². The van der Waals surface area contributed by atoms with E-state index in [1.54, 1.807) is 6.07 Å². The molecule has 3 N–H and O–H groups in total. The smallest absolute Gasteiger partial charge is 0.129 e. The summed E-state index contributed by atoms with van der Waals surface area (Å²) in [5.41, 5.74) is 7.04. The summed E-state index contributed by atoms with van der Waals surface area (Å²) in [7, 11) is 0. The molecule has 0 radical (unpaired) electrons. The third-order valence-electron chi connectivity index (χ3n) is 2.83. The summed E-state index contributed by atoms with van der Waals surface area (Å²) in [4.78, 5) is 0. The molecule has 0 saturated carbocycles. The number of rotatable bonds is 0. The number of aliphatic hydroxyl groups excluding tert-OH is 1. The third-order valence-corrected chi connectivity index (χ3v) is 2.83. The maximum absolute atomic E-state index is 13.5. The standard InChI is InChI=1S/C11H14FNO/c12-8-5-1-3-7-4-2-6-9(13)11(14)10(7)8/h1,3,5,9,11,14H,2,4,6,13H2/t9-,11+/m1/s1. The van der Waals surface area contributed by atoms with Crippen LogP contribution in [0, 0.1) is 5.82 Å². The molecule has 2 atom stereocenters. The molecule has 1 aliphatic carbocycles. The molecule has 0 spiro atoms. The van der Waals surface area contributed by atoms with Gasteiger partial charge in [-0.1, -0.05) is 12.1 Å². The highest BCUT2D eigenvalue weighted by molar-refractivity contribution is 5.32. The van der Waals surface area contributed by atoms with Crippen LogP contribution in [0.4, 0.5) is 4.39 Å². The lowest BCUT2D eigenvalue weighted by Crippen LogP contribution is -2.27. The Labute approximate surface area is 82.5 Å². The molecule has 0 amide bonds. The zero-order chi connectivity index (χ0) is 10.1. The fourth-order valence-electron chi connectivity index (χ4n) is 2.03. The molecule has 0 heterocycles. The minimum Gasteiger partial charge on any atom is -0.387 e. The van der Waals surface area contributed by atoms with Crippen LogP contribution in [0.15, 0.2) is 18.2 Å². The highest BCUT2D eigenvalue weighted by Crippen LogP contribution is 2.29. The van der Waals surface area contributed by atoms with Crippen molar-refractivity contribution in [2.75, 3.05) is 0 Å². The van der Waals surface area contributed by atoms with Crippen LogP contribution in [0.25, 0.3) is 0 Å². The largest absolute Gasteiger partial charge is 0.387 e. The number of benzene rings is 1. The van der Waals surface area contributed by atoms with Crippen LogP contribution in [0.2, 0.25) is 0 Å². The number of hydrogen-bond donors (Lipinski definition) is 2. The summed E-state index contributed by atoms with van der Waals surface area (Å²) in [6.45, 7) is 0. The van der Waals surface area contributed by atoms with Gasteiger partial charge in [-0.2, -0.15) is 0 Å². The quantitative estimate of drug-likeness (QED) is 0.616. The van der Waals surface area contributed by atoms with Crippen LogP contribution in [0.5, 0.6) is 0 Å². The van der Waals surface area contributed by atoms with Crippen LogP contribution in [0.1, 0.15) is 30.1 Å². The summed E-state index contributed by atoms with van der Waals surface area (Å²) >= 11 is 0. The van der Waals surface area contributed by atoms with Crippen LogP contribution in [-0.4, -0.2) is 11.1 Å². The number of aryl methyl sites for hydroxylation is 1. The topological polar surface area (TPSA) is 46.2 Å². The molecule has 14 heavy (non-hydrogen) atoms. The van der Waals surface area contributed by atoms with Crippen molar-refractivity contribution in [3.8, 4) is 0 Å². The Balaban J connectivity index is 2.49. The maximum atomic E-state index is 13.5. The highest BCUT2D eigenvalue weighted by Gasteiger charge is 2.25. The van der Waals surface area contributed by atoms with E-state index in [0.29, 0.717) is 5.56 Å². The van der Waals surface area contributed by atoms with Gasteiger partial charge < -0.3 is 10.8 Å². The molecule has 76 valence electrons. The highest BCUT2D eigenvalue weighted by atomic mass is 19.1. The van der Waals surface area contributed by atoms with Crippen molar-refractivity contribution >= 4 is 0 Å². The molecule has 0 fully saturated rings. The molecular weight excluding hydrogens is 181 g/mol. The fourth-order valence-corrected chi connectivity index (χ4v) is 2.03. The van der Waals surface area contributed by atoms with Gasteiger partial charge in [0, 0.05) is 11.6 Å². The van der Waals surface area contributed by atoms with E-state index in [9.17, 15) is 9.50 Å². The molecule has 2 nitrogen and oxygen atoms in total. The predicted octanol–water partition coefficient (Wildman–Crippen LogP) is 1.52. The number of nitrogens with two attached hydrogens (primary N) is 1. The first-order chi connectivity index (χ1) is 6.70. The average Bonchev–Trinajstić information content (AvgIpc) is 2.29. The SMILES string of the molecule is N[C@@H]1CCCc2cccc(F)c2[C@H]1O. The van der Waals surface area contributed by atoms with Crippen LogP contribution in [0.3, 0.4) is 0 Å². The average molecular weight is 195 g/mol. The van der Waals surface area contributed by atoms with E-state index in [-0.39, 0.29) is 11.9 Å². The Hall–Kier alpha value is -0.930. The second-order valence-corrected chi connectivity index (χ2v) is 3.81. The van der Waals surface area contributed by atoms with Gasteiger partial charge in [-0.05, 0) is 30.9 Å². The van der Waals surface area contributed by atoms with E-state index in [2.05, 4.69) is 0 Å². The van der Waals surface area contributed by atoms with Crippen molar-refractivity contribution in [3.63, 3.8) is 0 Å². The van der Waals surface area contributed by atoms with E-state index < -0.39 is 6.10 Å². The van der Waals surface area contributed by atoms with Gasteiger partial charge in [-0.3, -0.25) is 0 Å². The van der Waals surface area contributed by atoms with Crippen molar-refractivity contribution in [2.24, 2.45) is 5.73 Å². The van der Waals surface area contributed by atoms with E-state index in [1.165, 1.54) is 6.07 Å². The maximum Gasteiger partial charge on any atom is 0.129 e. The molecule has 0 aromatic heterocycles. The Kier molecular flexibility index (Phi) is 2.52. The summed E-state index contributed by atoms with van der Waals surface area (Å²) in [6, 6.07) is 4.57. The van der Waals surface area contributed by atoms with Crippen molar-refractivity contribution in [1.82, 2.24) is 0 Å². The number of fused-ring (bicyclic) bond motifs is 1. The number of hydrogen-bond acceptors (Lipinski definition) is 2. The lowest BCUT2D eigenvalue weighted by atomic mass is 9.99. The molecular formula is C11H14FNO. The normalized spacial score (nSPS) is 26.8. The van der Waals surface area contributed by atoms with Gasteiger partial charge in [0.15, 0.2) is 0 Å².